The van der Waals surface area contributed by atoms with Crippen LogP contribution in [-0.4, -0.2) is 63.8 Å². The van der Waals surface area contributed by atoms with Crippen LogP contribution in [0.4, 0.5) is 0 Å². The molecule has 0 rings (SSSR count). The molecular formula is C23H52N6O. The second-order valence-corrected chi connectivity index (χ2v) is 9.72. The van der Waals surface area contributed by atoms with Gasteiger partial charge in [-0.25, -0.2) is 0 Å². The first kappa shape index (κ1) is 29.3. The van der Waals surface area contributed by atoms with Crippen molar-refractivity contribution < 1.29 is 4.79 Å². The van der Waals surface area contributed by atoms with E-state index in [1.54, 1.807) is 0 Å². The second-order valence-electron chi connectivity index (χ2n) is 9.72. The van der Waals surface area contributed by atoms with E-state index in [1.807, 2.05) is 0 Å². The standard InChI is InChI=1S/C23H52N6O/c1-20(19-23(2,3)4)28-17-6-5-11-21(25)22(30)29-18-10-16-27-14-8-7-13-26-15-9-12-24/h20-21,26-28H,5-19,24-25H2,1-4H3,(H,29,30)/t20?,21-/m0/s1. The van der Waals surface area contributed by atoms with Gasteiger partial charge in [-0.15, -0.1) is 0 Å². The van der Waals surface area contributed by atoms with Crippen LogP contribution < -0.4 is 32.7 Å². The molecule has 1 amide bonds. The summed E-state index contributed by atoms with van der Waals surface area (Å²) in [6, 6.07) is 0.130. The Morgan fingerprint density at radius 2 is 1.40 bits per heavy atom. The number of carbonyl (C=O) groups is 1. The molecule has 0 bridgehead atoms. The van der Waals surface area contributed by atoms with Crippen LogP contribution in [0.5, 0.6) is 0 Å². The molecule has 0 spiro atoms. The minimum atomic E-state index is -0.392. The Hall–Kier alpha value is -0.730. The quantitative estimate of drug-likeness (QED) is 0.164. The Morgan fingerprint density at radius 1 is 0.833 bits per heavy atom. The smallest absolute Gasteiger partial charge is 0.236 e. The summed E-state index contributed by atoms with van der Waals surface area (Å²) in [5.74, 6) is -0.0207. The number of unbranched alkanes of at least 4 members (excludes halogenated alkanes) is 2. The van der Waals surface area contributed by atoms with Gasteiger partial charge in [-0.2, -0.15) is 0 Å². The van der Waals surface area contributed by atoms with Gasteiger partial charge in [0.05, 0.1) is 6.04 Å². The summed E-state index contributed by atoms with van der Waals surface area (Å²) in [6.45, 7) is 15.5. The van der Waals surface area contributed by atoms with E-state index in [4.69, 9.17) is 11.5 Å². The number of hydrogen-bond acceptors (Lipinski definition) is 6. The molecule has 0 aromatic carbocycles. The predicted octanol–water partition coefficient (Wildman–Crippen LogP) is 1.71. The van der Waals surface area contributed by atoms with Gasteiger partial charge in [-0.1, -0.05) is 27.2 Å². The minimum Gasteiger partial charge on any atom is -0.355 e. The van der Waals surface area contributed by atoms with Crippen molar-refractivity contribution in [2.24, 2.45) is 16.9 Å². The molecule has 0 aliphatic rings. The van der Waals surface area contributed by atoms with Crippen molar-refractivity contribution in [3.05, 3.63) is 0 Å². The van der Waals surface area contributed by atoms with Crippen molar-refractivity contribution >= 4 is 5.91 Å². The molecule has 0 saturated carbocycles. The minimum absolute atomic E-state index is 0.0207. The monoisotopic (exact) mass is 428 g/mol. The zero-order valence-electron chi connectivity index (χ0n) is 20.3. The Balaban J connectivity index is 3.46. The summed E-state index contributed by atoms with van der Waals surface area (Å²) in [5, 5.41) is 13.3. The number of amides is 1. The highest BCUT2D eigenvalue weighted by Gasteiger charge is 2.15. The third-order valence-electron chi connectivity index (χ3n) is 5.03. The van der Waals surface area contributed by atoms with Crippen LogP contribution in [0, 0.1) is 5.41 Å². The summed E-state index contributed by atoms with van der Waals surface area (Å²) >= 11 is 0. The maximum Gasteiger partial charge on any atom is 0.236 e. The van der Waals surface area contributed by atoms with Crippen LogP contribution in [0.15, 0.2) is 0 Å². The average Bonchev–Trinajstić information content (AvgIpc) is 2.66. The lowest BCUT2D eigenvalue weighted by atomic mass is 9.89. The predicted molar refractivity (Wildman–Crippen MR) is 130 cm³/mol. The maximum absolute atomic E-state index is 12.1. The van der Waals surface area contributed by atoms with Gasteiger partial charge in [0.25, 0.3) is 0 Å². The van der Waals surface area contributed by atoms with Crippen molar-refractivity contribution in [1.29, 1.82) is 0 Å². The molecule has 0 aliphatic heterocycles. The average molecular weight is 429 g/mol. The molecule has 30 heavy (non-hydrogen) atoms. The van der Waals surface area contributed by atoms with E-state index < -0.39 is 6.04 Å². The van der Waals surface area contributed by atoms with Gasteiger partial charge in [-0.05, 0) is 96.6 Å². The van der Waals surface area contributed by atoms with Gasteiger partial charge in [0.1, 0.15) is 0 Å². The number of nitrogens with one attached hydrogen (secondary N) is 4. The highest BCUT2D eigenvalue weighted by Crippen LogP contribution is 2.20. The molecule has 1 unspecified atom stereocenters. The molecule has 0 aromatic rings. The van der Waals surface area contributed by atoms with Crippen molar-refractivity contribution in [3.8, 4) is 0 Å². The molecule has 0 heterocycles. The SMILES string of the molecule is CC(CC(C)(C)C)NCCCC[C@H](N)C(=O)NCCCNCCCCNCCCN. The van der Waals surface area contributed by atoms with Gasteiger partial charge in [0.15, 0.2) is 0 Å². The zero-order valence-corrected chi connectivity index (χ0v) is 20.3. The zero-order chi connectivity index (χ0) is 22.7. The second kappa shape index (κ2) is 19.0. The number of hydrogen-bond donors (Lipinski definition) is 6. The van der Waals surface area contributed by atoms with Crippen molar-refractivity contribution in [1.82, 2.24) is 21.3 Å². The van der Waals surface area contributed by atoms with E-state index in [0.717, 1.165) is 84.2 Å². The molecule has 8 N–H and O–H groups in total. The Kier molecular flexibility index (Phi) is 18.5. The topological polar surface area (TPSA) is 117 Å². The lowest BCUT2D eigenvalue weighted by Crippen LogP contribution is -2.41. The van der Waals surface area contributed by atoms with E-state index in [2.05, 4.69) is 49.0 Å². The van der Waals surface area contributed by atoms with Crippen LogP contribution in [-0.2, 0) is 4.79 Å². The van der Waals surface area contributed by atoms with Crippen LogP contribution >= 0.6 is 0 Å². The fourth-order valence-corrected chi connectivity index (χ4v) is 3.49. The van der Waals surface area contributed by atoms with Gasteiger partial charge < -0.3 is 32.7 Å². The maximum atomic E-state index is 12.1. The number of rotatable bonds is 20. The fourth-order valence-electron chi connectivity index (χ4n) is 3.49. The molecule has 180 valence electrons. The van der Waals surface area contributed by atoms with Gasteiger partial charge in [-0.3, -0.25) is 4.79 Å². The molecule has 7 nitrogen and oxygen atoms in total. The molecule has 0 aliphatic carbocycles. The fraction of sp³-hybridized carbons (Fsp3) is 0.957. The lowest BCUT2D eigenvalue weighted by Gasteiger charge is -2.24. The first-order chi connectivity index (χ1) is 14.3. The molecular weight excluding hydrogens is 376 g/mol. The van der Waals surface area contributed by atoms with E-state index in [-0.39, 0.29) is 5.91 Å². The van der Waals surface area contributed by atoms with Crippen molar-refractivity contribution in [2.75, 3.05) is 45.8 Å². The molecule has 0 fully saturated rings. The summed E-state index contributed by atoms with van der Waals surface area (Å²) in [7, 11) is 0. The highest BCUT2D eigenvalue weighted by molar-refractivity contribution is 5.81. The first-order valence-electron chi connectivity index (χ1n) is 12.1. The van der Waals surface area contributed by atoms with E-state index in [1.165, 1.54) is 6.42 Å². The van der Waals surface area contributed by atoms with Gasteiger partial charge in [0.2, 0.25) is 5.91 Å². The molecule has 7 heteroatoms. The summed E-state index contributed by atoms with van der Waals surface area (Å²) in [5.41, 5.74) is 11.8. The molecule has 2 atom stereocenters. The largest absolute Gasteiger partial charge is 0.355 e. The van der Waals surface area contributed by atoms with E-state index >= 15 is 0 Å². The Bertz CT molecular complexity index is 400. The third-order valence-corrected chi connectivity index (χ3v) is 5.03. The normalized spacial score (nSPS) is 13.9. The highest BCUT2D eigenvalue weighted by atomic mass is 16.2. The Labute approximate surface area is 186 Å². The van der Waals surface area contributed by atoms with Crippen LogP contribution in [0.25, 0.3) is 0 Å². The first-order valence-corrected chi connectivity index (χ1v) is 12.1. The van der Waals surface area contributed by atoms with Crippen LogP contribution in [0.3, 0.4) is 0 Å². The summed E-state index contributed by atoms with van der Waals surface area (Å²) in [6.07, 6.45) is 8.26. The van der Waals surface area contributed by atoms with E-state index in [9.17, 15) is 4.79 Å². The molecule has 0 saturated heterocycles. The molecule has 0 radical (unpaired) electrons. The third kappa shape index (κ3) is 20.5. The summed E-state index contributed by atoms with van der Waals surface area (Å²) in [4.78, 5) is 12.1. The number of nitrogens with two attached hydrogens (primary N) is 2. The van der Waals surface area contributed by atoms with Gasteiger partial charge >= 0.3 is 0 Å². The lowest BCUT2D eigenvalue weighted by molar-refractivity contribution is -0.122. The van der Waals surface area contributed by atoms with Crippen molar-refractivity contribution in [3.63, 3.8) is 0 Å². The van der Waals surface area contributed by atoms with Crippen molar-refractivity contribution in [2.45, 2.75) is 91.1 Å². The van der Waals surface area contributed by atoms with E-state index in [0.29, 0.717) is 18.0 Å². The number of carbonyl (C=O) groups excluding carboxylic acids is 1. The summed E-state index contributed by atoms with van der Waals surface area (Å²) < 4.78 is 0. The molecule has 0 aromatic heterocycles. The van der Waals surface area contributed by atoms with Crippen LogP contribution in [0.1, 0.15) is 79.1 Å². The Morgan fingerprint density at radius 3 is 2.00 bits per heavy atom. The van der Waals surface area contributed by atoms with Crippen LogP contribution in [0.2, 0.25) is 0 Å². The van der Waals surface area contributed by atoms with Gasteiger partial charge in [0, 0.05) is 12.6 Å².